The SMILES string of the molecule is COC(=O)[C@@H](NC(=O)c1cc2ccccc2cc1NC(=O)Nc1c(C)cc(C)cc1C)C(C)OC1CCC1. The number of hydrogen-bond donors (Lipinski definition) is 3. The second kappa shape index (κ2) is 11.6. The molecule has 3 amide bonds. The number of anilines is 2. The van der Waals surface area contributed by atoms with Gasteiger partial charge in [0, 0.05) is 5.69 Å². The van der Waals surface area contributed by atoms with Crippen LogP contribution in [0.4, 0.5) is 16.2 Å². The van der Waals surface area contributed by atoms with Gasteiger partial charge in [-0.2, -0.15) is 0 Å². The van der Waals surface area contributed by atoms with Crippen LogP contribution < -0.4 is 16.0 Å². The highest BCUT2D eigenvalue weighted by atomic mass is 16.5. The van der Waals surface area contributed by atoms with Gasteiger partial charge in [0.1, 0.15) is 0 Å². The molecule has 0 radical (unpaired) electrons. The van der Waals surface area contributed by atoms with Crippen molar-refractivity contribution < 1.29 is 23.9 Å². The second-order valence-corrected chi connectivity index (χ2v) is 9.97. The molecule has 0 aromatic heterocycles. The van der Waals surface area contributed by atoms with Gasteiger partial charge < -0.3 is 25.4 Å². The number of ether oxygens (including phenoxy) is 2. The zero-order chi connectivity index (χ0) is 27.4. The third-order valence-electron chi connectivity index (χ3n) is 6.96. The summed E-state index contributed by atoms with van der Waals surface area (Å²) in [6.07, 6.45) is 2.44. The largest absolute Gasteiger partial charge is 0.467 e. The van der Waals surface area contributed by atoms with Crippen molar-refractivity contribution in [1.29, 1.82) is 0 Å². The fraction of sp³-hybridized carbons (Fsp3) is 0.367. The van der Waals surface area contributed by atoms with Crippen LogP contribution in [0.2, 0.25) is 0 Å². The summed E-state index contributed by atoms with van der Waals surface area (Å²) in [5, 5.41) is 10.2. The maximum atomic E-state index is 13.6. The number of methoxy groups -OCH3 is 1. The molecular formula is C30H35N3O5. The Hall–Kier alpha value is -3.91. The predicted octanol–water partition coefficient (Wildman–Crippen LogP) is 5.64. The van der Waals surface area contributed by atoms with Crippen molar-refractivity contribution in [2.75, 3.05) is 17.7 Å². The molecule has 8 heteroatoms. The van der Waals surface area contributed by atoms with E-state index >= 15 is 0 Å². The first-order valence-electron chi connectivity index (χ1n) is 12.9. The minimum absolute atomic E-state index is 0.0735. The van der Waals surface area contributed by atoms with Gasteiger partial charge in [0.25, 0.3) is 5.91 Å². The summed E-state index contributed by atoms with van der Waals surface area (Å²) in [4.78, 5) is 39.2. The van der Waals surface area contributed by atoms with Crippen LogP contribution in [0.3, 0.4) is 0 Å². The number of nitrogens with one attached hydrogen (secondary N) is 3. The maximum absolute atomic E-state index is 13.6. The van der Waals surface area contributed by atoms with E-state index in [0.29, 0.717) is 11.4 Å². The van der Waals surface area contributed by atoms with Crippen LogP contribution >= 0.6 is 0 Å². The number of rotatable bonds is 8. The molecule has 0 bridgehead atoms. The van der Waals surface area contributed by atoms with Gasteiger partial charge >= 0.3 is 12.0 Å². The normalized spacial score (nSPS) is 14.8. The van der Waals surface area contributed by atoms with Gasteiger partial charge in [0.05, 0.1) is 30.6 Å². The third kappa shape index (κ3) is 6.14. The molecule has 3 aromatic rings. The lowest BCUT2D eigenvalue weighted by Gasteiger charge is -2.32. The standard InChI is InChI=1S/C30H35N3O5/c1-17-13-18(2)26(19(3)14-17)33-30(36)31-25-16-22-10-7-6-9-21(22)15-24(25)28(34)32-27(29(35)37-5)20(4)38-23-11-8-12-23/h6-7,9-10,13-16,20,23,27H,8,11-12H2,1-5H3,(H,32,34)(H2,31,33,36)/t20?,27-/m0/s1. The molecule has 0 spiro atoms. The molecule has 1 aliphatic rings. The number of amides is 3. The first-order chi connectivity index (χ1) is 18.2. The number of carbonyl (C=O) groups is 3. The van der Waals surface area contributed by atoms with Crippen LogP contribution in [0.25, 0.3) is 10.8 Å². The molecular weight excluding hydrogens is 482 g/mol. The summed E-state index contributed by atoms with van der Waals surface area (Å²) in [6.45, 7) is 7.62. The van der Waals surface area contributed by atoms with Crippen molar-refractivity contribution in [3.05, 3.63) is 70.8 Å². The van der Waals surface area contributed by atoms with Crippen molar-refractivity contribution >= 4 is 40.1 Å². The van der Waals surface area contributed by atoms with Gasteiger partial charge in [-0.05, 0) is 81.0 Å². The Kier molecular flexibility index (Phi) is 8.32. The van der Waals surface area contributed by atoms with E-state index in [0.717, 1.165) is 46.7 Å². The fourth-order valence-corrected chi connectivity index (χ4v) is 4.78. The van der Waals surface area contributed by atoms with Gasteiger partial charge in [-0.1, -0.05) is 42.0 Å². The Balaban J connectivity index is 1.61. The lowest BCUT2D eigenvalue weighted by molar-refractivity contribution is -0.149. The van der Waals surface area contributed by atoms with Gasteiger partial charge in [0.2, 0.25) is 0 Å². The van der Waals surface area contributed by atoms with Crippen LogP contribution in [0, 0.1) is 20.8 Å². The van der Waals surface area contributed by atoms with E-state index in [2.05, 4.69) is 16.0 Å². The minimum atomic E-state index is -1.00. The molecule has 0 aliphatic heterocycles. The van der Waals surface area contributed by atoms with Gasteiger partial charge in [-0.3, -0.25) is 4.79 Å². The first kappa shape index (κ1) is 27.1. The average Bonchev–Trinajstić information content (AvgIpc) is 2.85. The Labute approximate surface area is 223 Å². The first-order valence-corrected chi connectivity index (χ1v) is 12.9. The van der Waals surface area contributed by atoms with Crippen molar-refractivity contribution in [3.8, 4) is 0 Å². The van der Waals surface area contributed by atoms with Gasteiger partial charge in [-0.25, -0.2) is 9.59 Å². The van der Waals surface area contributed by atoms with Crippen LogP contribution in [-0.2, 0) is 14.3 Å². The second-order valence-electron chi connectivity index (χ2n) is 9.97. The van der Waals surface area contributed by atoms with Crippen molar-refractivity contribution in [2.45, 2.75) is 65.2 Å². The number of aryl methyl sites for hydroxylation is 3. The molecule has 0 heterocycles. The Morgan fingerprint density at radius 1 is 0.921 bits per heavy atom. The van der Waals surface area contributed by atoms with Crippen LogP contribution in [0.5, 0.6) is 0 Å². The van der Waals surface area contributed by atoms with E-state index < -0.39 is 30.1 Å². The molecule has 3 N–H and O–H groups in total. The summed E-state index contributed by atoms with van der Waals surface area (Å²) >= 11 is 0. The quantitative estimate of drug-likeness (QED) is 0.336. The van der Waals surface area contributed by atoms with Gasteiger partial charge in [0.15, 0.2) is 6.04 Å². The van der Waals surface area contributed by atoms with Crippen LogP contribution in [0.15, 0.2) is 48.5 Å². The number of hydrogen-bond acceptors (Lipinski definition) is 5. The predicted molar refractivity (Wildman–Crippen MR) is 149 cm³/mol. The van der Waals surface area contributed by atoms with E-state index in [-0.39, 0.29) is 11.7 Å². The number of esters is 1. The fourth-order valence-electron chi connectivity index (χ4n) is 4.78. The highest BCUT2D eigenvalue weighted by molar-refractivity contribution is 6.10. The summed E-state index contributed by atoms with van der Waals surface area (Å²) < 4.78 is 10.9. The topological polar surface area (TPSA) is 106 Å². The van der Waals surface area contributed by atoms with E-state index in [9.17, 15) is 14.4 Å². The molecule has 1 fully saturated rings. The molecule has 2 atom stereocenters. The zero-order valence-electron chi connectivity index (χ0n) is 22.5. The Bertz CT molecular complexity index is 1340. The van der Waals surface area contributed by atoms with Crippen molar-refractivity contribution in [1.82, 2.24) is 5.32 Å². The molecule has 1 unspecified atom stereocenters. The summed E-state index contributed by atoms with van der Waals surface area (Å²) in [6, 6.07) is 13.5. The smallest absolute Gasteiger partial charge is 0.331 e. The minimum Gasteiger partial charge on any atom is -0.467 e. The zero-order valence-corrected chi connectivity index (χ0v) is 22.5. The number of carbonyl (C=O) groups excluding carboxylic acids is 3. The monoisotopic (exact) mass is 517 g/mol. The molecule has 200 valence electrons. The summed E-state index contributed by atoms with van der Waals surface area (Å²) in [5.74, 6) is -1.11. The lowest BCUT2D eigenvalue weighted by Crippen LogP contribution is -2.50. The maximum Gasteiger partial charge on any atom is 0.331 e. The van der Waals surface area contributed by atoms with E-state index in [1.54, 1.807) is 19.1 Å². The molecule has 4 rings (SSSR count). The molecule has 38 heavy (non-hydrogen) atoms. The van der Waals surface area contributed by atoms with Gasteiger partial charge in [-0.15, -0.1) is 0 Å². The summed E-state index contributed by atoms with van der Waals surface area (Å²) in [7, 11) is 1.28. The number of benzene rings is 3. The molecule has 1 aliphatic carbocycles. The number of fused-ring (bicyclic) bond motifs is 1. The van der Waals surface area contributed by atoms with Crippen LogP contribution in [-0.4, -0.2) is 43.3 Å². The Morgan fingerprint density at radius 2 is 1.55 bits per heavy atom. The Morgan fingerprint density at radius 3 is 2.13 bits per heavy atom. The number of urea groups is 1. The summed E-state index contributed by atoms with van der Waals surface area (Å²) in [5.41, 5.74) is 4.24. The molecule has 8 nitrogen and oxygen atoms in total. The highest BCUT2D eigenvalue weighted by Crippen LogP contribution is 2.27. The highest BCUT2D eigenvalue weighted by Gasteiger charge is 2.33. The lowest BCUT2D eigenvalue weighted by atomic mass is 9.95. The molecule has 3 aromatic carbocycles. The van der Waals surface area contributed by atoms with Crippen molar-refractivity contribution in [3.63, 3.8) is 0 Å². The average molecular weight is 518 g/mol. The molecule has 0 saturated heterocycles. The van der Waals surface area contributed by atoms with E-state index in [4.69, 9.17) is 9.47 Å². The van der Waals surface area contributed by atoms with E-state index in [1.807, 2.05) is 57.2 Å². The molecule has 1 saturated carbocycles. The third-order valence-corrected chi connectivity index (χ3v) is 6.96. The van der Waals surface area contributed by atoms with Crippen molar-refractivity contribution in [2.24, 2.45) is 0 Å². The van der Waals surface area contributed by atoms with E-state index in [1.165, 1.54) is 7.11 Å². The van der Waals surface area contributed by atoms with Crippen LogP contribution in [0.1, 0.15) is 53.2 Å².